The third-order valence-electron chi connectivity index (χ3n) is 2.63. The van der Waals surface area contributed by atoms with E-state index in [1.54, 1.807) is 18.4 Å². The Kier molecular flexibility index (Phi) is 4.80. The van der Waals surface area contributed by atoms with Crippen LogP contribution in [0, 0.1) is 0 Å². The topological polar surface area (TPSA) is 55.2 Å². The highest BCUT2D eigenvalue weighted by molar-refractivity contribution is 7.09. The zero-order valence-corrected chi connectivity index (χ0v) is 12.9. The van der Waals surface area contributed by atoms with Crippen LogP contribution in [0.4, 0.5) is 0 Å². The van der Waals surface area contributed by atoms with Crippen LogP contribution in [0.25, 0.3) is 0 Å². The lowest BCUT2D eigenvalue weighted by atomic mass is 10.4. The Balaban J connectivity index is 2.08. The molecule has 0 aliphatic carbocycles. The second kappa shape index (κ2) is 6.39. The molecular formula is C12H11Cl2N3O2S. The molecule has 5 nitrogen and oxygen atoms in total. The van der Waals surface area contributed by atoms with Crippen molar-refractivity contribution in [3.8, 4) is 0 Å². The first-order valence-corrected chi connectivity index (χ1v) is 7.30. The standard InChI is InChI=1S/C12H11Cl2N3O2S/c1-16(6-8-3-2-4-20-8)10(18)7-17-12(19)11(14)9(13)5-15-17/h2-5H,6-7H2,1H3. The number of likely N-dealkylation sites (N-methyl/N-ethyl adjacent to an activating group) is 1. The van der Waals surface area contributed by atoms with Gasteiger partial charge in [-0.3, -0.25) is 9.59 Å². The van der Waals surface area contributed by atoms with E-state index in [0.717, 1.165) is 9.56 Å². The molecule has 0 unspecified atom stereocenters. The summed E-state index contributed by atoms with van der Waals surface area (Å²) in [5, 5.41) is 5.69. The Bertz CT molecular complexity index is 670. The third kappa shape index (κ3) is 3.39. The number of thiophene rings is 1. The van der Waals surface area contributed by atoms with Crippen LogP contribution in [0.3, 0.4) is 0 Å². The summed E-state index contributed by atoms with van der Waals surface area (Å²) in [6.07, 6.45) is 1.25. The minimum Gasteiger partial charge on any atom is -0.339 e. The quantitative estimate of drug-likeness (QED) is 0.863. The van der Waals surface area contributed by atoms with Gasteiger partial charge < -0.3 is 4.90 Å². The molecule has 0 radical (unpaired) electrons. The maximum absolute atomic E-state index is 12.0. The van der Waals surface area contributed by atoms with E-state index < -0.39 is 5.56 Å². The minimum absolute atomic E-state index is 0.0762. The van der Waals surface area contributed by atoms with Crippen LogP contribution in [0.1, 0.15) is 4.88 Å². The fourth-order valence-electron chi connectivity index (χ4n) is 1.53. The summed E-state index contributed by atoms with van der Waals surface area (Å²) in [7, 11) is 1.67. The molecule has 0 bridgehead atoms. The summed E-state index contributed by atoms with van der Waals surface area (Å²) in [6, 6.07) is 3.86. The molecule has 0 saturated heterocycles. The number of hydrogen-bond donors (Lipinski definition) is 0. The second-order valence-electron chi connectivity index (χ2n) is 4.10. The molecule has 106 valence electrons. The van der Waals surface area contributed by atoms with Crippen molar-refractivity contribution in [1.82, 2.24) is 14.7 Å². The molecule has 0 spiro atoms. The molecule has 0 atom stereocenters. The lowest BCUT2D eigenvalue weighted by Gasteiger charge is -2.16. The van der Waals surface area contributed by atoms with Gasteiger partial charge in [0.05, 0.1) is 17.8 Å². The predicted molar refractivity (Wildman–Crippen MR) is 79.3 cm³/mol. The number of aromatic nitrogens is 2. The van der Waals surface area contributed by atoms with Crippen LogP contribution in [-0.2, 0) is 17.9 Å². The van der Waals surface area contributed by atoms with Crippen molar-refractivity contribution in [2.75, 3.05) is 7.05 Å². The van der Waals surface area contributed by atoms with Gasteiger partial charge in [-0.05, 0) is 11.4 Å². The lowest BCUT2D eigenvalue weighted by Crippen LogP contribution is -2.34. The van der Waals surface area contributed by atoms with Gasteiger partial charge in [0, 0.05) is 11.9 Å². The molecule has 1 amide bonds. The summed E-state index contributed by atoms with van der Waals surface area (Å²) in [6.45, 7) is 0.324. The van der Waals surface area contributed by atoms with Crippen LogP contribution in [0.2, 0.25) is 10.0 Å². The van der Waals surface area contributed by atoms with Crippen molar-refractivity contribution in [2.24, 2.45) is 0 Å². The molecule has 20 heavy (non-hydrogen) atoms. The van der Waals surface area contributed by atoms with Gasteiger partial charge in [0.25, 0.3) is 5.56 Å². The van der Waals surface area contributed by atoms with Crippen LogP contribution in [0.15, 0.2) is 28.5 Å². The first-order valence-electron chi connectivity index (χ1n) is 5.66. The monoisotopic (exact) mass is 331 g/mol. The summed E-state index contributed by atoms with van der Waals surface area (Å²) in [4.78, 5) is 26.4. The average Bonchev–Trinajstić information content (AvgIpc) is 2.92. The number of amides is 1. The van der Waals surface area contributed by atoms with E-state index >= 15 is 0 Å². The molecule has 8 heteroatoms. The van der Waals surface area contributed by atoms with Crippen LogP contribution in [0.5, 0.6) is 0 Å². The molecule has 2 rings (SSSR count). The Morgan fingerprint density at radius 3 is 2.90 bits per heavy atom. The molecule has 2 heterocycles. The second-order valence-corrected chi connectivity index (χ2v) is 5.92. The largest absolute Gasteiger partial charge is 0.339 e. The Hall–Kier alpha value is -1.37. The molecule has 2 aromatic rings. The van der Waals surface area contributed by atoms with Crippen molar-refractivity contribution in [2.45, 2.75) is 13.1 Å². The number of nitrogens with zero attached hydrogens (tertiary/aromatic N) is 3. The highest BCUT2D eigenvalue weighted by atomic mass is 35.5. The summed E-state index contributed by atoms with van der Waals surface area (Å²) < 4.78 is 1.00. The normalized spacial score (nSPS) is 10.6. The SMILES string of the molecule is CN(Cc1cccs1)C(=O)Cn1ncc(Cl)c(Cl)c1=O. The smallest absolute Gasteiger partial charge is 0.287 e. The average molecular weight is 332 g/mol. The van der Waals surface area contributed by atoms with Crippen molar-refractivity contribution in [3.05, 3.63) is 49.0 Å². The van der Waals surface area contributed by atoms with Crippen molar-refractivity contribution >= 4 is 40.4 Å². The minimum atomic E-state index is -0.572. The molecule has 0 N–H and O–H groups in total. The summed E-state index contributed by atoms with van der Waals surface area (Å²) in [5.74, 6) is -0.230. The predicted octanol–water partition coefficient (Wildman–Crippen LogP) is 2.27. The first-order chi connectivity index (χ1) is 9.49. The van der Waals surface area contributed by atoms with E-state index in [1.807, 2.05) is 17.5 Å². The van der Waals surface area contributed by atoms with Gasteiger partial charge in [0.15, 0.2) is 0 Å². The van der Waals surface area contributed by atoms with Gasteiger partial charge in [-0.15, -0.1) is 11.3 Å². The fourth-order valence-corrected chi connectivity index (χ4v) is 2.56. The number of hydrogen-bond acceptors (Lipinski definition) is 4. The lowest BCUT2D eigenvalue weighted by molar-refractivity contribution is -0.131. The first kappa shape index (κ1) is 15.0. The summed E-state index contributed by atoms with van der Waals surface area (Å²) >= 11 is 13.0. The van der Waals surface area contributed by atoms with Crippen LogP contribution < -0.4 is 5.56 Å². The fraction of sp³-hybridized carbons (Fsp3) is 0.250. The van der Waals surface area contributed by atoms with Gasteiger partial charge in [-0.25, -0.2) is 4.68 Å². The number of carbonyl (C=O) groups is 1. The van der Waals surface area contributed by atoms with Crippen molar-refractivity contribution in [3.63, 3.8) is 0 Å². The van der Waals surface area contributed by atoms with E-state index in [2.05, 4.69) is 5.10 Å². The summed E-state index contributed by atoms with van der Waals surface area (Å²) in [5.41, 5.74) is -0.572. The van der Waals surface area contributed by atoms with Crippen molar-refractivity contribution < 1.29 is 4.79 Å². The van der Waals surface area contributed by atoms with E-state index in [9.17, 15) is 9.59 Å². The molecule has 2 aromatic heterocycles. The zero-order valence-electron chi connectivity index (χ0n) is 10.5. The molecule has 0 aromatic carbocycles. The molecule has 0 saturated carbocycles. The molecule has 0 aliphatic heterocycles. The molecule has 0 aliphatic rings. The Morgan fingerprint density at radius 2 is 2.25 bits per heavy atom. The zero-order chi connectivity index (χ0) is 14.7. The van der Waals surface area contributed by atoms with Gasteiger partial charge >= 0.3 is 0 Å². The third-order valence-corrected chi connectivity index (χ3v) is 4.24. The maximum atomic E-state index is 12.0. The maximum Gasteiger partial charge on any atom is 0.287 e. The van der Waals surface area contributed by atoms with Gasteiger partial charge in [0.2, 0.25) is 5.91 Å². The Labute approximate surface area is 129 Å². The van der Waals surface area contributed by atoms with E-state index in [4.69, 9.17) is 23.2 Å². The number of rotatable bonds is 4. The van der Waals surface area contributed by atoms with Crippen LogP contribution in [-0.4, -0.2) is 27.6 Å². The van der Waals surface area contributed by atoms with Gasteiger partial charge in [-0.2, -0.15) is 5.10 Å². The van der Waals surface area contributed by atoms with E-state index in [0.29, 0.717) is 6.54 Å². The van der Waals surface area contributed by atoms with Gasteiger partial charge in [0.1, 0.15) is 11.6 Å². The number of carbonyl (C=O) groups excluding carboxylic acids is 1. The highest BCUT2D eigenvalue weighted by Crippen LogP contribution is 2.15. The van der Waals surface area contributed by atoms with E-state index in [1.165, 1.54) is 11.1 Å². The Morgan fingerprint density at radius 1 is 1.50 bits per heavy atom. The highest BCUT2D eigenvalue weighted by Gasteiger charge is 2.14. The number of halogens is 2. The molecule has 0 fully saturated rings. The van der Waals surface area contributed by atoms with E-state index in [-0.39, 0.29) is 22.5 Å². The van der Waals surface area contributed by atoms with Gasteiger partial charge in [-0.1, -0.05) is 29.3 Å². The van der Waals surface area contributed by atoms with Crippen molar-refractivity contribution in [1.29, 1.82) is 0 Å². The van der Waals surface area contributed by atoms with Crippen LogP contribution >= 0.6 is 34.5 Å². The molecular weight excluding hydrogens is 321 g/mol.